The fraction of sp³-hybridized carbons (Fsp3) is 0.407. The molecule has 0 saturated heterocycles. The van der Waals surface area contributed by atoms with Crippen LogP contribution in [0.3, 0.4) is 0 Å². The van der Waals surface area contributed by atoms with E-state index in [1.165, 1.54) is 19.2 Å². The third-order valence-corrected chi connectivity index (χ3v) is 6.17. The maximum atomic E-state index is 13.2. The minimum atomic E-state index is -4.58. The highest BCUT2D eigenvalue weighted by Crippen LogP contribution is 2.38. The Labute approximate surface area is 212 Å². The first-order valence-corrected chi connectivity index (χ1v) is 12.2. The Hall–Kier alpha value is -3.69. The van der Waals surface area contributed by atoms with Gasteiger partial charge in [0, 0.05) is 29.1 Å². The molecule has 2 heterocycles. The van der Waals surface area contributed by atoms with Gasteiger partial charge in [-0.05, 0) is 49.2 Å². The highest BCUT2D eigenvalue weighted by atomic mass is 19.4. The highest BCUT2D eigenvalue weighted by molar-refractivity contribution is 5.85. The number of carbonyl (C=O) groups is 1. The Morgan fingerprint density at radius 3 is 2.59 bits per heavy atom. The van der Waals surface area contributed by atoms with E-state index in [9.17, 15) is 18.0 Å². The van der Waals surface area contributed by atoms with Crippen molar-refractivity contribution in [2.75, 3.05) is 20.3 Å². The van der Waals surface area contributed by atoms with Gasteiger partial charge < -0.3 is 23.3 Å². The molecule has 7 nitrogen and oxygen atoms in total. The van der Waals surface area contributed by atoms with Gasteiger partial charge in [0.15, 0.2) is 11.3 Å². The molecule has 0 aliphatic rings. The lowest BCUT2D eigenvalue weighted by Gasteiger charge is -2.16. The van der Waals surface area contributed by atoms with Crippen LogP contribution < -0.4 is 9.47 Å². The van der Waals surface area contributed by atoms with Gasteiger partial charge in [0.25, 0.3) is 0 Å². The summed E-state index contributed by atoms with van der Waals surface area (Å²) < 4.78 is 63.2. The maximum absolute atomic E-state index is 13.2. The van der Waals surface area contributed by atoms with Gasteiger partial charge >= 0.3 is 12.1 Å². The van der Waals surface area contributed by atoms with E-state index in [-0.39, 0.29) is 23.0 Å². The van der Waals surface area contributed by atoms with Crippen molar-refractivity contribution in [3.8, 4) is 11.5 Å². The molecule has 0 radical (unpaired) electrons. The third-order valence-electron chi connectivity index (χ3n) is 6.17. The topological polar surface area (TPSA) is 75.7 Å². The molecule has 0 fully saturated rings. The number of carbonyl (C=O) groups excluding carboxylic acids is 1. The first kappa shape index (κ1) is 26.4. The van der Waals surface area contributed by atoms with Gasteiger partial charge in [0.05, 0.1) is 25.7 Å². The molecule has 4 rings (SSSR count). The van der Waals surface area contributed by atoms with Crippen molar-refractivity contribution in [3.05, 3.63) is 53.9 Å². The number of benzene rings is 2. The number of nitrogens with zero attached hydrogens (tertiary/aromatic N) is 2. The first-order chi connectivity index (χ1) is 17.8. The predicted octanol–water partition coefficient (Wildman–Crippen LogP) is 6.73. The SMILES string of the molecule is CCCc1c(OCCCOc2ccc3c(ccn3C(CC)C(=O)OC)c2)ccc2c(C(F)(F)F)noc12. The molecule has 0 bridgehead atoms. The van der Waals surface area contributed by atoms with Crippen molar-refractivity contribution in [1.82, 2.24) is 9.72 Å². The number of fused-ring (bicyclic) bond motifs is 2. The standard InChI is InChI=1S/C27H29F3N2O5/c1-4-7-19-23(11-9-20-24(19)37-31-25(20)27(28,29)30)36-15-6-14-35-18-8-10-22-17(16-18)12-13-32(22)21(5-2)26(33)34-3/h8-13,16,21H,4-7,14-15H2,1-3H3. The molecule has 2 aromatic heterocycles. The van der Waals surface area contributed by atoms with E-state index in [2.05, 4.69) is 5.16 Å². The van der Waals surface area contributed by atoms with E-state index in [1.54, 1.807) is 0 Å². The third kappa shape index (κ3) is 5.52. The Bertz CT molecular complexity index is 1380. The first-order valence-electron chi connectivity index (χ1n) is 12.2. The van der Waals surface area contributed by atoms with Crippen LogP contribution in [0.25, 0.3) is 21.9 Å². The van der Waals surface area contributed by atoms with Crippen LogP contribution in [0.15, 0.2) is 47.1 Å². The average Bonchev–Trinajstić information content (AvgIpc) is 3.50. The smallest absolute Gasteiger partial charge is 0.437 e. The van der Waals surface area contributed by atoms with Crippen molar-refractivity contribution >= 4 is 27.8 Å². The monoisotopic (exact) mass is 518 g/mol. The quantitative estimate of drug-likeness (QED) is 0.162. The zero-order valence-electron chi connectivity index (χ0n) is 20.9. The number of hydrogen-bond acceptors (Lipinski definition) is 6. The summed E-state index contributed by atoms with van der Waals surface area (Å²) in [5.41, 5.74) is 0.576. The van der Waals surface area contributed by atoms with E-state index < -0.39 is 11.9 Å². The average molecular weight is 519 g/mol. The summed E-state index contributed by atoms with van der Waals surface area (Å²) in [6, 6.07) is 10.1. The number of aromatic nitrogens is 2. The van der Waals surface area contributed by atoms with Gasteiger partial charge in [-0.15, -0.1) is 0 Å². The van der Waals surface area contributed by atoms with Crippen molar-refractivity contribution in [3.63, 3.8) is 0 Å². The minimum Gasteiger partial charge on any atom is -0.493 e. The molecule has 1 unspecified atom stereocenters. The summed E-state index contributed by atoms with van der Waals surface area (Å²) in [6.07, 6.45) is -0.328. The molecule has 0 aliphatic carbocycles. The Morgan fingerprint density at radius 1 is 1.11 bits per heavy atom. The zero-order valence-corrected chi connectivity index (χ0v) is 20.9. The van der Waals surface area contributed by atoms with Crippen LogP contribution in [0.4, 0.5) is 13.2 Å². The van der Waals surface area contributed by atoms with Crippen LogP contribution in [0, 0.1) is 0 Å². The Kier molecular flexibility index (Phi) is 7.94. The molecular weight excluding hydrogens is 489 g/mol. The molecule has 1 atom stereocenters. The van der Waals surface area contributed by atoms with E-state index in [0.717, 1.165) is 10.9 Å². The van der Waals surface area contributed by atoms with Crippen LogP contribution in [0.5, 0.6) is 11.5 Å². The van der Waals surface area contributed by atoms with Crippen LogP contribution >= 0.6 is 0 Å². The second kappa shape index (κ2) is 11.1. The summed E-state index contributed by atoms with van der Waals surface area (Å²) >= 11 is 0. The molecule has 4 aromatic rings. The normalized spacial score (nSPS) is 12.7. The van der Waals surface area contributed by atoms with Crippen molar-refractivity contribution in [2.45, 2.75) is 51.7 Å². The lowest BCUT2D eigenvalue weighted by molar-refractivity contribution is -0.144. The van der Waals surface area contributed by atoms with Crippen LogP contribution in [0.2, 0.25) is 0 Å². The number of alkyl halides is 3. The molecular formula is C27H29F3N2O5. The summed E-state index contributed by atoms with van der Waals surface area (Å²) in [7, 11) is 1.38. The molecule has 2 aromatic carbocycles. The number of hydrogen-bond donors (Lipinski definition) is 0. The van der Waals surface area contributed by atoms with Gasteiger partial charge in [-0.25, -0.2) is 4.79 Å². The number of esters is 1. The predicted molar refractivity (Wildman–Crippen MR) is 132 cm³/mol. The fourth-order valence-electron chi connectivity index (χ4n) is 4.42. The highest BCUT2D eigenvalue weighted by Gasteiger charge is 2.37. The fourth-order valence-corrected chi connectivity index (χ4v) is 4.42. The van der Waals surface area contributed by atoms with Crippen LogP contribution in [0.1, 0.15) is 50.4 Å². The van der Waals surface area contributed by atoms with E-state index in [0.29, 0.717) is 56.0 Å². The lowest BCUT2D eigenvalue weighted by atomic mass is 10.0. The van der Waals surface area contributed by atoms with Crippen molar-refractivity contribution in [2.24, 2.45) is 0 Å². The minimum absolute atomic E-state index is 0.0623. The molecule has 0 spiro atoms. The molecule has 0 N–H and O–H groups in total. The van der Waals surface area contributed by atoms with Crippen molar-refractivity contribution in [1.29, 1.82) is 0 Å². The molecule has 0 aliphatic heterocycles. The number of halogens is 3. The molecule has 0 amide bonds. The molecule has 198 valence electrons. The lowest BCUT2D eigenvalue weighted by Crippen LogP contribution is -2.19. The van der Waals surface area contributed by atoms with Gasteiger partial charge in [-0.2, -0.15) is 13.2 Å². The number of rotatable bonds is 11. The molecule has 37 heavy (non-hydrogen) atoms. The van der Waals surface area contributed by atoms with E-state index in [1.807, 2.05) is 48.9 Å². The second-order valence-corrected chi connectivity index (χ2v) is 8.64. The van der Waals surface area contributed by atoms with Crippen molar-refractivity contribution < 1.29 is 36.7 Å². The van der Waals surface area contributed by atoms with Gasteiger partial charge in [0.1, 0.15) is 17.5 Å². The summed E-state index contributed by atoms with van der Waals surface area (Å²) in [5.74, 6) is 0.884. The number of methoxy groups -OCH3 is 1. The summed E-state index contributed by atoms with van der Waals surface area (Å²) in [4.78, 5) is 12.1. The van der Waals surface area contributed by atoms with Gasteiger partial charge in [-0.1, -0.05) is 25.4 Å². The van der Waals surface area contributed by atoms with Gasteiger partial charge in [0.2, 0.25) is 0 Å². The van der Waals surface area contributed by atoms with Gasteiger partial charge in [-0.3, -0.25) is 0 Å². The maximum Gasteiger partial charge on any atom is 0.437 e. The second-order valence-electron chi connectivity index (χ2n) is 8.64. The van der Waals surface area contributed by atoms with Crippen LogP contribution in [-0.4, -0.2) is 36.0 Å². The Balaban J connectivity index is 1.37. The largest absolute Gasteiger partial charge is 0.493 e. The Morgan fingerprint density at radius 2 is 1.89 bits per heavy atom. The summed E-state index contributed by atoms with van der Waals surface area (Å²) in [5, 5.41) is 4.13. The molecule has 10 heteroatoms. The summed E-state index contributed by atoms with van der Waals surface area (Å²) in [6.45, 7) is 4.57. The number of ether oxygens (including phenoxy) is 3. The zero-order chi connectivity index (χ0) is 26.6. The van der Waals surface area contributed by atoms with Crippen LogP contribution in [-0.2, 0) is 22.1 Å². The number of aryl methyl sites for hydroxylation is 1. The van der Waals surface area contributed by atoms with E-state index >= 15 is 0 Å². The van der Waals surface area contributed by atoms with E-state index in [4.69, 9.17) is 18.7 Å². The molecule has 0 saturated carbocycles.